The second kappa shape index (κ2) is 7.36. The van der Waals surface area contributed by atoms with Crippen LogP contribution in [-0.2, 0) is 23.1 Å². The van der Waals surface area contributed by atoms with Crippen molar-refractivity contribution < 1.29 is 8.42 Å². The molecule has 3 rings (SSSR count). The summed E-state index contributed by atoms with van der Waals surface area (Å²) in [5.74, 6) is 0. The summed E-state index contributed by atoms with van der Waals surface area (Å²) in [5, 5.41) is 4.01. The van der Waals surface area contributed by atoms with Crippen LogP contribution in [0.15, 0.2) is 41.6 Å². The average Bonchev–Trinajstić information content (AvgIpc) is 3.11. The van der Waals surface area contributed by atoms with E-state index in [9.17, 15) is 8.42 Å². The lowest BCUT2D eigenvalue weighted by Gasteiger charge is -2.28. The van der Waals surface area contributed by atoms with Crippen molar-refractivity contribution >= 4 is 15.7 Å². The quantitative estimate of drug-likeness (QED) is 0.870. The molecular formula is C17H24N4O2S. The van der Waals surface area contributed by atoms with Crippen molar-refractivity contribution in [1.82, 2.24) is 14.5 Å². The van der Waals surface area contributed by atoms with Gasteiger partial charge in [0.1, 0.15) is 4.90 Å². The van der Waals surface area contributed by atoms with Crippen LogP contribution in [0.25, 0.3) is 0 Å². The number of sulfonamides is 1. The van der Waals surface area contributed by atoms with Crippen molar-refractivity contribution in [2.75, 3.05) is 18.0 Å². The van der Waals surface area contributed by atoms with Crippen LogP contribution in [0.5, 0.6) is 0 Å². The first-order valence-electron chi connectivity index (χ1n) is 8.44. The van der Waals surface area contributed by atoms with Crippen LogP contribution in [0.2, 0.25) is 0 Å². The second-order valence-electron chi connectivity index (χ2n) is 6.07. The third-order valence-electron chi connectivity index (χ3n) is 4.37. The van der Waals surface area contributed by atoms with Gasteiger partial charge in [0.2, 0.25) is 10.0 Å². The number of piperidine rings is 1. The van der Waals surface area contributed by atoms with Gasteiger partial charge in [-0.15, -0.1) is 0 Å². The van der Waals surface area contributed by atoms with Gasteiger partial charge in [0.05, 0.1) is 6.20 Å². The Morgan fingerprint density at radius 3 is 2.46 bits per heavy atom. The molecule has 1 aliphatic heterocycles. The summed E-state index contributed by atoms with van der Waals surface area (Å²) in [6, 6.07) is 8.12. The van der Waals surface area contributed by atoms with E-state index in [1.54, 1.807) is 10.9 Å². The molecule has 0 bridgehead atoms. The molecule has 1 saturated heterocycles. The monoisotopic (exact) mass is 348 g/mol. The Hall–Kier alpha value is -1.86. The van der Waals surface area contributed by atoms with Gasteiger partial charge in [-0.05, 0) is 43.9 Å². The van der Waals surface area contributed by atoms with Gasteiger partial charge in [0.25, 0.3) is 0 Å². The fourth-order valence-electron chi connectivity index (χ4n) is 2.89. The summed E-state index contributed by atoms with van der Waals surface area (Å²) in [6.45, 7) is 5.05. The van der Waals surface area contributed by atoms with Crippen LogP contribution in [0, 0.1) is 0 Å². The SMILES string of the molecule is CCn1cc(S(=O)(=O)NCc2ccc(N3CCCCC3)cc2)cn1. The molecule has 24 heavy (non-hydrogen) atoms. The Balaban J connectivity index is 1.61. The van der Waals surface area contributed by atoms with Gasteiger partial charge in [0.15, 0.2) is 0 Å². The van der Waals surface area contributed by atoms with Gasteiger partial charge in [0, 0.05) is 38.1 Å². The minimum absolute atomic E-state index is 0.203. The van der Waals surface area contributed by atoms with Crippen LogP contribution in [-0.4, -0.2) is 31.3 Å². The Kier molecular flexibility index (Phi) is 5.20. The number of anilines is 1. The minimum atomic E-state index is -3.52. The van der Waals surface area contributed by atoms with Gasteiger partial charge >= 0.3 is 0 Å². The highest BCUT2D eigenvalue weighted by Gasteiger charge is 2.16. The maximum Gasteiger partial charge on any atom is 0.243 e. The summed E-state index contributed by atoms with van der Waals surface area (Å²) < 4.78 is 28.8. The molecule has 0 saturated carbocycles. The lowest BCUT2D eigenvalue weighted by atomic mass is 10.1. The zero-order valence-corrected chi connectivity index (χ0v) is 14.8. The molecule has 0 atom stereocenters. The number of nitrogens with zero attached hydrogens (tertiary/aromatic N) is 3. The number of rotatable bonds is 6. The van der Waals surface area contributed by atoms with Gasteiger partial charge in [-0.2, -0.15) is 5.10 Å². The summed E-state index contributed by atoms with van der Waals surface area (Å²) in [4.78, 5) is 2.59. The first-order chi connectivity index (χ1) is 11.6. The molecule has 1 aromatic heterocycles. The first kappa shape index (κ1) is 17.0. The average molecular weight is 348 g/mol. The second-order valence-corrected chi connectivity index (χ2v) is 7.84. The van der Waals surface area contributed by atoms with E-state index in [1.807, 2.05) is 19.1 Å². The fourth-order valence-corrected chi connectivity index (χ4v) is 3.86. The summed E-state index contributed by atoms with van der Waals surface area (Å²) in [6.07, 6.45) is 6.72. The molecule has 0 amide bonds. The van der Waals surface area contributed by atoms with Crippen LogP contribution in [0.1, 0.15) is 31.7 Å². The maximum atomic E-state index is 12.3. The molecule has 130 valence electrons. The van der Waals surface area contributed by atoms with Crippen LogP contribution in [0.3, 0.4) is 0 Å². The predicted molar refractivity (Wildman–Crippen MR) is 94.4 cm³/mol. The van der Waals surface area contributed by atoms with Crippen molar-refractivity contribution in [3.8, 4) is 0 Å². The van der Waals surface area contributed by atoms with Crippen molar-refractivity contribution in [1.29, 1.82) is 0 Å². The molecule has 2 aromatic rings. The number of nitrogens with one attached hydrogen (secondary N) is 1. The number of hydrogen-bond acceptors (Lipinski definition) is 4. The molecule has 0 unspecified atom stereocenters. The van der Waals surface area contributed by atoms with Crippen LogP contribution in [0.4, 0.5) is 5.69 Å². The summed E-state index contributed by atoms with van der Waals surface area (Å²) in [7, 11) is -3.52. The van der Waals surface area contributed by atoms with E-state index in [0.717, 1.165) is 18.7 Å². The molecule has 2 heterocycles. The van der Waals surface area contributed by atoms with E-state index in [1.165, 1.54) is 31.1 Å². The Morgan fingerprint density at radius 1 is 1.12 bits per heavy atom. The number of benzene rings is 1. The van der Waals surface area contributed by atoms with E-state index >= 15 is 0 Å². The van der Waals surface area contributed by atoms with Crippen LogP contribution >= 0.6 is 0 Å². The van der Waals surface area contributed by atoms with Gasteiger partial charge in [-0.1, -0.05) is 12.1 Å². The van der Waals surface area contributed by atoms with Crippen molar-refractivity contribution in [3.05, 3.63) is 42.2 Å². The smallest absolute Gasteiger partial charge is 0.243 e. The lowest BCUT2D eigenvalue weighted by molar-refractivity contribution is 0.577. The molecule has 0 aliphatic carbocycles. The third kappa shape index (κ3) is 3.96. The highest BCUT2D eigenvalue weighted by atomic mass is 32.2. The van der Waals surface area contributed by atoms with Gasteiger partial charge < -0.3 is 4.90 Å². The molecule has 6 nitrogen and oxygen atoms in total. The highest BCUT2D eigenvalue weighted by molar-refractivity contribution is 7.89. The Morgan fingerprint density at radius 2 is 1.83 bits per heavy atom. The summed E-state index contributed by atoms with van der Waals surface area (Å²) in [5.41, 5.74) is 2.16. The van der Waals surface area contributed by atoms with Crippen LogP contribution < -0.4 is 9.62 Å². The standard InChI is InChI=1S/C17H24N4O2S/c1-2-21-14-17(13-18-21)24(22,23)19-12-15-6-8-16(9-7-15)20-10-4-3-5-11-20/h6-9,13-14,19H,2-5,10-12H2,1H3. The van der Waals surface area contributed by atoms with E-state index in [2.05, 4.69) is 26.9 Å². The normalized spacial score (nSPS) is 15.6. The molecule has 0 spiro atoms. The first-order valence-corrected chi connectivity index (χ1v) is 9.93. The van der Waals surface area contributed by atoms with E-state index in [-0.39, 0.29) is 11.4 Å². The molecule has 1 fully saturated rings. The zero-order valence-electron chi connectivity index (χ0n) is 14.0. The lowest BCUT2D eigenvalue weighted by Crippen LogP contribution is -2.29. The topological polar surface area (TPSA) is 67.2 Å². The minimum Gasteiger partial charge on any atom is -0.372 e. The van der Waals surface area contributed by atoms with Crippen molar-refractivity contribution in [2.45, 2.75) is 44.2 Å². The van der Waals surface area contributed by atoms with Crippen molar-refractivity contribution in [2.24, 2.45) is 0 Å². The summed E-state index contributed by atoms with van der Waals surface area (Å²) >= 11 is 0. The largest absolute Gasteiger partial charge is 0.372 e. The Labute approximate surface area is 143 Å². The van der Waals surface area contributed by atoms with E-state index < -0.39 is 10.0 Å². The Bertz CT molecular complexity index is 762. The van der Waals surface area contributed by atoms with E-state index in [4.69, 9.17) is 0 Å². The number of aromatic nitrogens is 2. The fraction of sp³-hybridized carbons (Fsp3) is 0.471. The molecule has 1 aliphatic rings. The predicted octanol–water partition coefficient (Wildman–Crippen LogP) is 2.37. The van der Waals surface area contributed by atoms with Gasteiger partial charge in [-0.25, -0.2) is 13.1 Å². The van der Waals surface area contributed by atoms with E-state index in [0.29, 0.717) is 6.54 Å². The highest BCUT2D eigenvalue weighted by Crippen LogP contribution is 2.20. The van der Waals surface area contributed by atoms with Gasteiger partial charge in [-0.3, -0.25) is 4.68 Å². The molecular weight excluding hydrogens is 324 g/mol. The molecule has 7 heteroatoms. The third-order valence-corrected chi connectivity index (χ3v) is 5.72. The number of hydrogen-bond donors (Lipinski definition) is 1. The number of aryl methyl sites for hydroxylation is 1. The molecule has 0 radical (unpaired) electrons. The molecule has 1 aromatic carbocycles. The van der Waals surface area contributed by atoms with Crippen molar-refractivity contribution in [3.63, 3.8) is 0 Å². The zero-order chi connectivity index (χ0) is 17.0. The molecule has 1 N–H and O–H groups in total. The maximum absolute atomic E-state index is 12.3.